The topological polar surface area (TPSA) is 67.4 Å². The van der Waals surface area contributed by atoms with Crippen LogP contribution in [0, 0.1) is 0 Å². The molecule has 0 saturated carbocycles. The molecule has 0 bridgehead atoms. The summed E-state index contributed by atoms with van der Waals surface area (Å²) in [5, 5.41) is 2.90. The van der Waals surface area contributed by atoms with Crippen LogP contribution in [0.3, 0.4) is 0 Å². The zero-order chi connectivity index (χ0) is 14.3. The van der Waals surface area contributed by atoms with Crippen molar-refractivity contribution in [3.05, 3.63) is 24.3 Å². The van der Waals surface area contributed by atoms with Crippen molar-refractivity contribution >= 4 is 10.0 Å². The third-order valence-electron chi connectivity index (χ3n) is 2.18. The van der Waals surface area contributed by atoms with E-state index in [1.165, 1.54) is 24.3 Å². The number of halogens is 2. The molecule has 1 aromatic carbocycles. The first-order chi connectivity index (χ1) is 8.95. The molecular weight excluding hydrogens is 278 g/mol. The Balaban J connectivity index is 2.64. The van der Waals surface area contributed by atoms with Gasteiger partial charge in [-0.3, -0.25) is 0 Å². The van der Waals surface area contributed by atoms with E-state index in [-0.39, 0.29) is 4.90 Å². The molecule has 0 saturated heterocycles. The molecule has 19 heavy (non-hydrogen) atoms. The first-order valence-electron chi connectivity index (χ1n) is 5.61. The van der Waals surface area contributed by atoms with Gasteiger partial charge in [-0.2, -0.15) is 0 Å². The minimum Gasteiger partial charge on any atom is -0.492 e. The average molecular weight is 294 g/mol. The van der Waals surface area contributed by atoms with Gasteiger partial charge in [0.2, 0.25) is 10.0 Å². The molecular formula is C11H16F2N2O3S. The first kappa shape index (κ1) is 15.8. The van der Waals surface area contributed by atoms with Gasteiger partial charge in [-0.25, -0.2) is 21.9 Å². The summed E-state index contributed by atoms with van der Waals surface area (Å²) in [6, 6.07) is 5.57. The van der Waals surface area contributed by atoms with Crippen molar-refractivity contribution in [2.75, 3.05) is 26.7 Å². The summed E-state index contributed by atoms with van der Waals surface area (Å²) in [5.74, 6) is 0.517. The highest BCUT2D eigenvalue weighted by atomic mass is 32.2. The van der Waals surface area contributed by atoms with Crippen molar-refractivity contribution < 1.29 is 21.9 Å². The van der Waals surface area contributed by atoms with E-state index in [1.807, 2.05) is 4.72 Å². The molecule has 108 valence electrons. The standard InChI is InChI=1S/C11H16F2N2O3S/c1-14-6-7-18-9-2-4-10(5-3-9)19(16,17)15-8-11(12)13/h2-5,11,14-15H,6-8H2,1H3. The molecule has 0 aliphatic heterocycles. The molecule has 0 unspecified atom stereocenters. The summed E-state index contributed by atoms with van der Waals surface area (Å²) in [7, 11) is -2.11. The summed E-state index contributed by atoms with van der Waals surface area (Å²) < 4.78 is 54.3. The third-order valence-corrected chi connectivity index (χ3v) is 3.62. The summed E-state index contributed by atoms with van der Waals surface area (Å²) in [4.78, 5) is -0.0749. The van der Waals surface area contributed by atoms with E-state index >= 15 is 0 Å². The highest BCUT2D eigenvalue weighted by molar-refractivity contribution is 7.89. The molecule has 0 amide bonds. The van der Waals surface area contributed by atoms with Crippen LogP contribution in [-0.2, 0) is 10.0 Å². The van der Waals surface area contributed by atoms with Gasteiger partial charge < -0.3 is 10.1 Å². The molecule has 0 atom stereocenters. The molecule has 2 N–H and O–H groups in total. The van der Waals surface area contributed by atoms with Gasteiger partial charge >= 0.3 is 0 Å². The van der Waals surface area contributed by atoms with Gasteiger partial charge in [0, 0.05) is 6.54 Å². The van der Waals surface area contributed by atoms with Crippen LogP contribution >= 0.6 is 0 Å². The van der Waals surface area contributed by atoms with Crippen LogP contribution in [0.2, 0.25) is 0 Å². The Morgan fingerprint density at radius 3 is 2.42 bits per heavy atom. The second-order valence-corrected chi connectivity index (χ2v) is 5.43. The minimum absolute atomic E-state index is 0.0749. The lowest BCUT2D eigenvalue weighted by Crippen LogP contribution is -2.28. The summed E-state index contributed by atoms with van der Waals surface area (Å²) in [6.45, 7) is 0.213. The van der Waals surface area contributed by atoms with Crippen LogP contribution < -0.4 is 14.8 Å². The SMILES string of the molecule is CNCCOc1ccc(S(=O)(=O)NCC(F)F)cc1. The number of nitrogens with one attached hydrogen (secondary N) is 2. The quantitative estimate of drug-likeness (QED) is 0.697. The van der Waals surface area contributed by atoms with Gasteiger partial charge in [0.15, 0.2) is 0 Å². The lowest BCUT2D eigenvalue weighted by atomic mass is 10.3. The average Bonchev–Trinajstić information content (AvgIpc) is 2.37. The van der Waals surface area contributed by atoms with Gasteiger partial charge in [-0.15, -0.1) is 0 Å². The Bertz CT molecular complexity index is 477. The normalized spacial score (nSPS) is 11.8. The highest BCUT2D eigenvalue weighted by Crippen LogP contribution is 2.15. The fraction of sp³-hybridized carbons (Fsp3) is 0.455. The van der Waals surface area contributed by atoms with Gasteiger partial charge in [-0.1, -0.05) is 0 Å². The predicted octanol–water partition coefficient (Wildman–Crippen LogP) is 0.828. The van der Waals surface area contributed by atoms with Crippen LogP contribution in [0.15, 0.2) is 29.2 Å². The van der Waals surface area contributed by atoms with E-state index in [9.17, 15) is 17.2 Å². The molecule has 0 spiro atoms. The van der Waals surface area contributed by atoms with Crippen molar-refractivity contribution in [3.63, 3.8) is 0 Å². The van der Waals surface area contributed by atoms with E-state index in [2.05, 4.69) is 5.32 Å². The highest BCUT2D eigenvalue weighted by Gasteiger charge is 2.15. The van der Waals surface area contributed by atoms with Crippen molar-refractivity contribution in [3.8, 4) is 5.75 Å². The number of rotatable bonds is 8. The van der Waals surface area contributed by atoms with Gasteiger partial charge in [0.05, 0.1) is 11.4 Å². The molecule has 0 fully saturated rings. The molecule has 0 heterocycles. The van der Waals surface area contributed by atoms with Crippen molar-refractivity contribution in [1.29, 1.82) is 0 Å². The second-order valence-electron chi connectivity index (χ2n) is 3.67. The maximum atomic E-state index is 12.0. The lowest BCUT2D eigenvalue weighted by Gasteiger charge is -2.08. The van der Waals surface area contributed by atoms with E-state index in [4.69, 9.17) is 4.74 Å². The Hall–Kier alpha value is -1.25. The maximum Gasteiger partial charge on any atom is 0.251 e. The Labute approximate surface area is 111 Å². The van der Waals surface area contributed by atoms with Crippen molar-refractivity contribution in [1.82, 2.24) is 10.0 Å². The van der Waals surface area contributed by atoms with E-state index in [1.54, 1.807) is 7.05 Å². The van der Waals surface area contributed by atoms with Gasteiger partial charge in [0.1, 0.15) is 12.4 Å². The monoisotopic (exact) mass is 294 g/mol. The molecule has 0 radical (unpaired) electrons. The van der Waals surface area contributed by atoms with Crippen LogP contribution in [-0.4, -0.2) is 41.6 Å². The number of benzene rings is 1. The number of hydrogen-bond donors (Lipinski definition) is 2. The fourth-order valence-electron chi connectivity index (χ4n) is 1.24. The van der Waals surface area contributed by atoms with E-state index < -0.39 is 23.0 Å². The summed E-state index contributed by atoms with van der Waals surface area (Å²) >= 11 is 0. The van der Waals surface area contributed by atoms with E-state index in [0.29, 0.717) is 18.9 Å². The molecule has 0 aromatic heterocycles. The zero-order valence-electron chi connectivity index (χ0n) is 10.4. The van der Waals surface area contributed by atoms with Gasteiger partial charge in [-0.05, 0) is 31.3 Å². The first-order valence-corrected chi connectivity index (χ1v) is 7.09. The Morgan fingerprint density at radius 1 is 1.26 bits per heavy atom. The molecule has 1 rings (SSSR count). The molecule has 0 aliphatic rings. The maximum absolute atomic E-state index is 12.0. The fourth-order valence-corrected chi connectivity index (χ4v) is 2.25. The number of hydrogen-bond acceptors (Lipinski definition) is 4. The van der Waals surface area contributed by atoms with Crippen LogP contribution in [0.25, 0.3) is 0 Å². The van der Waals surface area contributed by atoms with Gasteiger partial charge in [0.25, 0.3) is 6.43 Å². The van der Waals surface area contributed by atoms with Crippen LogP contribution in [0.4, 0.5) is 8.78 Å². The molecule has 0 aliphatic carbocycles. The molecule has 8 heteroatoms. The van der Waals surface area contributed by atoms with Crippen molar-refractivity contribution in [2.45, 2.75) is 11.3 Å². The zero-order valence-corrected chi connectivity index (χ0v) is 11.2. The summed E-state index contributed by atoms with van der Waals surface area (Å²) in [5.41, 5.74) is 0. The predicted molar refractivity (Wildman–Crippen MR) is 67.1 cm³/mol. The Morgan fingerprint density at radius 2 is 1.89 bits per heavy atom. The number of alkyl halides is 2. The van der Waals surface area contributed by atoms with E-state index in [0.717, 1.165) is 0 Å². The second kappa shape index (κ2) is 7.37. The number of ether oxygens (including phenoxy) is 1. The largest absolute Gasteiger partial charge is 0.492 e. The molecule has 5 nitrogen and oxygen atoms in total. The van der Waals surface area contributed by atoms with Crippen LogP contribution in [0.1, 0.15) is 0 Å². The third kappa shape index (κ3) is 5.50. The lowest BCUT2D eigenvalue weighted by molar-refractivity contribution is 0.153. The number of likely N-dealkylation sites (N-methyl/N-ethyl adjacent to an activating group) is 1. The molecule has 1 aromatic rings. The van der Waals surface area contributed by atoms with Crippen LogP contribution in [0.5, 0.6) is 5.75 Å². The number of sulfonamides is 1. The van der Waals surface area contributed by atoms with Crippen molar-refractivity contribution in [2.24, 2.45) is 0 Å². The Kier molecular flexibility index (Phi) is 6.13. The minimum atomic E-state index is -3.90. The summed E-state index contributed by atoms with van der Waals surface area (Å²) in [6.07, 6.45) is -2.72. The smallest absolute Gasteiger partial charge is 0.251 e.